The smallest absolute Gasteiger partial charge is 0.0687 e. The van der Waals surface area contributed by atoms with Crippen LogP contribution in [0.4, 0.5) is 0 Å². The van der Waals surface area contributed by atoms with Gasteiger partial charge in [0.15, 0.2) is 0 Å². The van der Waals surface area contributed by atoms with Crippen molar-refractivity contribution >= 4 is 0 Å². The predicted octanol–water partition coefficient (Wildman–Crippen LogP) is 6.45. The van der Waals surface area contributed by atoms with E-state index >= 15 is 0 Å². The average Bonchev–Trinajstić information content (AvgIpc) is 3.12. The summed E-state index contributed by atoms with van der Waals surface area (Å²) in [4.78, 5) is 0. The molecule has 1 N–H and O–H groups in total. The third-order valence-electron chi connectivity index (χ3n) is 8.70. The van der Waals surface area contributed by atoms with Crippen molar-refractivity contribution in [2.75, 3.05) is 6.61 Å². The Morgan fingerprint density at radius 1 is 1.23 bits per heavy atom. The van der Waals surface area contributed by atoms with Crippen LogP contribution in [0.5, 0.6) is 0 Å². The molecule has 2 saturated carbocycles. The van der Waals surface area contributed by atoms with E-state index in [1.807, 2.05) is 0 Å². The number of fused-ring (bicyclic) bond motifs is 3. The lowest BCUT2D eigenvalue weighted by Crippen LogP contribution is -2.34. The summed E-state index contributed by atoms with van der Waals surface area (Å²) in [6, 6.07) is 0. The van der Waals surface area contributed by atoms with E-state index in [4.69, 9.17) is 0 Å². The maximum absolute atomic E-state index is 10.4. The van der Waals surface area contributed by atoms with Crippen LogP contribution < -0.4 is 0 Å². The van der Waals surface area contributed by atoms with Crippen molar-refractivity contribution in [1.29, 1.82) is 0 Å². The fourth-order valence-electron chi connectivity index (χ4n) is 6.99. The van der Waals surface area contributed by atoms with Crippen molar-refractivity contribution in [3.63, 3.8) is 0 Å². The summed E-state index contributed by atoms with van der Waals surface area (Å²) >= 11 is 0. The molecule has 0 heterocycles. The lowest BCUT2D eigenvalue weighted by atomic mass is 9.60. The van der Waals surface area contributed by atoms with Gasteiger partial charge >= 0.3 is 0 Å². The Hall–Kier alpha value is -0.820. The number of hydrogen-bond donors (Lipinski definition) is 1. The molecule has 144 valence electrons. The second-order valence-electron chi connectivity index (χ2n) is 10.5. The largest absolute Gasteiger partial charge is 0.392 e. The minimum atomic E-state index is 0.233. The molecular weight excluding hydrogens is 316 g/mol. The summed E-state index contributed by atoms with van der Waals surface area (Å²) in [5, 5.41) is 10.4. The second-order valence-corrected chi connectivity index (χ2v) is 10.5. The number of rotatable bonds is 2. The normalized spacial score (nSPS) is 40.2. The molecule has 0 aromatic heterocycles. The maximum atomic E-state index is 10.4. The Labute approximate surface area is 160 Å². The fourth-order valence-corrected chi connectivity index (χ4v) is 6.99. The molecule has 0 radical (unpaired) electrons. The summed E-state index contributed by atoms with van der Waals surface area (Å²) in [6.45, 7) is 12.4. The van der Waals surface area contributed by atoms with Crippen molar-refractivity contribution in [3.8, 4) is 0 Å². The highest BCUT2D eigenvalue weighted by Gasteiger charge is 2.50. The molecule has 26 heavy (non-hydrogen) atoms. The third-order valence-corrected chi connectivity index (χ3v) is 8.70. The zero-order chi connectivity index (χ0) is 18.6. The monoisotopic (exact) mass is 354 g/mol. The quantitative estimate of drug-likeness (QED) is 0.604. The first-order valence-corrected chi connectivity index (χ1v) is 11.1. The van der Waals surface area contributed by atoms with Gasteiger partial charge in [-0.3, -0.25) is 0 Å². The van der Waals surface area contributed by atoms with Crippen LogP contribution in [-0.2, 0) is 0 Å². The molecule has 0 spiro atoms. The van der Waals surface area contributed by atoms with Gasteiger partial charge in [0.25, 0.3) is 0 Å². The van der Waals surface area contributed by atoms with Crippen LogP contribution in [0.3, 0.4) is 0 Å². The van der Waals surface area contributed by atoms with Gasteiger partial charge in [-0.15, -0.1) is 0 Å². The zero-order valence-electron chi connectivity index (χ0n) is 17.6. The van der Waals surface area contributed by atoms with Crippen LogP contribution in [0.2, 0.25) is 0 Å². The van der Waals surface area contributed by atoms with Crippen molar-refractivity contribution < 1.29 is 5.11 Å². The molecule has 0 bridgehead atoms. The molecule has 5 unspecified atom stereocenters. The maximum Gasteiger partial charge on any atom is 0.0687 e. The third kappa shape index (κ3) is 2.77. The highest BCUT2D eigenvalue weighted by Crippen LogP contribution is 2.61. The van der Waals surface area contributed by atoms with Gasteiger partial charge in [-0.2, -0.15) is 0 Å². The SMILES string of the molecule is CC1=C2CC3(C)CCC(C(C)C)C3CC2=C(CO)C2=CCC(C)C2CC1. The van der Waals surface area contributed by atoms with Gasteiger partial charge in [-0.25, -0.2) is 0 Å². The molecule has 1 nitrogen and oxygen atoms in total. The average molecular weight is 355 g/mol. The molecular formula is C25H38O. The summed E-state index contributed by atoms with van der Waals surface area (Å²) in [7, 11) is 0. The second kappa shape index (κ2) is 6.66. The van der Waals surface area contributed by atoms with Crippen LogP contribution in [0.1, 0.15) is 79.6 Å². The fraction of sp³-hybridized carbons (Fsp3) is 0.760. The lowest BCUT2D eigenvalue weighted by Gasteiger charge is -2.44. The molecule has 5 atom stereocenters. The summed E-state index contributed by atoms with van der Waals surface area (Å²) in [5.41, 5.74) is 8.14. The van der Waals surface area contributed by atoms with E-state index in [1.165, 1.54) is 56.1 Å². The van der Waals surface area contributed by atoms with E-state index in [-0.39, 0.29) is 6.61 Å². The van der Waals surface area contributed by atoms with Crippen LogP contribution in [0, 0.1) is 35.0 Å². The standard InChI is InChI=1S/C25H38O/c1-15(2)18-10-11-25(5)13-22-17(4)6-8-19-16(3)7-9-20(19)23(14-26)21(22)12-24(18)25/h9,15-16,18-19,24,26H,6-8,10-14H2,1-5H3. The Balaban J connectivity index is 1.82. The summed E-state index contributed by atoms with van der Waals surface area (Å²) in [6.07, 6.45) is 11.4. The molecule has 1 heteroatoms. The Bertz CT molecular complexity index is 676. The van der Waals surface area contributed by atoms with E-state index in [0.717, 1.165) is 23.7 Å². The van der Waals surface area contributed by atoms with Crippen LogP contribution in [0.15, 0.2) is 33.9 Å². The summed E-state index contributed by atoms with van der Waals surface area (Å²) < 4.78 is 0. The topological polar surface area (TPSA) is 20.2 Å². The molecule has 0 aromatic rings. The molecule has 0 amide bonds. The Morgan fingerprint density at radius 2 is 2.00 bits per heavy atom. The molecule has 4 aliphatic carbocycles. The molecule has 4 rings (SSSR count). The first kappa shape index (κ1) is 18.5. The van der Waals surface area contributed by atoms with Crippen LogP contribution in [-0.4, -0.2) is 11.7 Å². The van der Waals surface area contributed by atoms with Gasteiger partial charge in [0.1, 0.15) is 0 Å². The first-order valence-electron chi connectivity index (χ1n) is 11.1. The number of aliphatic hydroxyl groups excluding tert-OH is 1. The van der Waals surface area contributed by atoms with E-state index in [9.17, 15) is 5.11 Å². The van der Waals surface area contributed by atoms with E-state index in [2.05, 4.69) is 40.7 Å². The van der Waals surface area contributed by atoms with Crippen molar-refractivity contribution in [1.82, 2.24) is 0 Å². The van der Waals surface area contributed by atoms with E-state index in [0.29, 0.717) is 11.3 Å². The number of aliphatic hydroxyl groups is 1. The number of hydrogen-bond acceptors (Lipinski definition) is 1. The lowest BCUT2D eigenvalue weighted by molar-refractivity contribution is 0.149. The number of allylic oxidation sites excluding steroid dienone is 4. The minimum Gasteiger partial charge on any atom is -0.392 e. The van der Waals surface area contributed by atoms with Gasteiger partial charge in [-0.1, -0.05) is 39.3 Å². The Kier molecular flexibility index (Phi) is 4.75. The van der Waals surface area contributed by atoms with Crippen molar-refractivity contribution in [3.05, 3.63) is 33.9 Å². The van der Waals surface area contributed by atoms with E-state index < -0.39 is 0 Å². The molecule has 4 aliphatic rings. The van der Waals surface area contributed by atoms with Crippen molar-refractivity contribution in [2.24, 2.45) is 35.0 Å². The van der Waals surface area contributed by atoms with Gasteiger partial charge in [0.05, 0.1) is 6.61 Å². The van der Waals surface area contributed by atoms with Crippen LogP contribution in [0.25, 0.3) is 0 Å². The van der Waals surface area contributed by atoms with Crippen molar-refractivity contribution in [2.45, 2.75) is 79.6 Å². The van der Waals surface area contributed by atoms with Gasteiger partial charge in [-0.05, 0) is 109 Å². The van der Waals surface area contributed by atoms with Gasteiger partial charge < -0.3 is 5.11 Å². The van der Waals surface area contributed by atoms with Gasteiger partial charge in [0, 0.05) is 0 Å². The molecule has 0 saturated heterocycles. The molecule has 0 aromatic carbocycles. The Morgan fingerprint density at radius 3 is 2.69 bits per heavy atom. The molecule has 0 aliphatic heterocycles. The zero-order valence-corrected chi connectivity index (χ0v) is 17.6. The predicted molar refractivity (Wildman–Crippen MR) is 110 cm³/mol. The van der Waals surface area contributed by atoms with E-state index in [1.54, 1.807) is 16.7 Å². The first-order chi connectivity index (χ1) is 12.4. The van der Waals surface area contributed by atoms with Gasteiger partial charge in [0.2, 0.25) is 0 Å². The highest BCUT2D eigenvalue weighted by atomic mass is 16.3. The summed E-state index contributed by atoms with van der Waals surface area (Å²) in [5.74, 6) is 3.84. The van der Waals surface area contributed by atoms with Crippen LogP contribution >= 0.6 is 0 Å². The molecule has 2 fully saturated rings. The highest BCUT2D eigenvalue weighted by molar-refractivity contribution is 5.52. The minimum absolute atomic E-state index is 0.233.